The van der Waals surface area contributed by atoms with E-state index in [1.165, 1.54) is 51.2 Å². The van der Waals surface area contributed by atoms with Gasteiger partial charge >= 0.3 is 0 Å². The first-order valence-electron chi connectivity index (χ1n) is 8.73. The van der Waals surface area contributed by atoms with Gasteiger partial charge < -0.3 is 4.90 Å². The third kappa shape index (κ3) is 4.42. The predicted octanol–water partition coefficient (Wildman–Crippen LogP) is 6.59. The summed E-state index contributed by atoms with van der Waals surface area (Å²) in [6.07, 6.45) is 2.61. The molecule has 1 saturated heterocycles. The molecule has 1 nitrogen and oxygen atoms in total. The predicted molar refractivity (Wildman–Crippen MR) is 109 cm³/mol. The first-order chi connectivity index (χ1) is 12.4. The quantitative estimate of drug-likeness (QED) is 0.503. The zero-order valence-electron chi connectivity index (χ0n) is 14.1. The number of anilines is 1. The minimum atomic E-state index is 1.18. The van der Waals surface area contributed by atoms with E-state index in [-0.39, 0.29) is 0 Å². The summed E-state index contributed by atoms with van der Waals surface area (Å²) in [7, 11) is 0. The first kappa shape index (κ1) is 16.6. The van der Waals surface area contributed by atoms with Crippen LogP contribution in [0.25, 0.3) is 0 Å². The van der Waals surface area contributed by atoms with E-state index in [4.69, 9.17) is 0 Å². The van der Waals surface area contributed by atoms with E-state index in [0.29, 0.717) is 0 Å². The van der Waals surface area contributed by atoms with Gasteiger partial charge in [0.2, 0.25) is 0 Å². The molecule has 3 heteroatoms. The largest absolute Gasteiger partial charge is 0.371 e. The Balaban J connectivity index is 1.65. The van der Waals surface area contributed by atoms with E-state index in [1.54, 1.807) is 0 Å². The molecule has 0 amide bonds. The highest BCUT2D eigenvalue weighted by Crippen LogP contribution is 2.37. The second-order valence-electron chi connectivity index (χ2n) is 6.19. The molecule has 0 saturated carbocycles. The molecular formula is C22H21NS2. The van der Waals surface area contributed by atoms with E-state index >= 15 is 0 Å². The van der Waals surface area contributed by atoms with E-state index in [0.717, 1.165) is 0 Å². The van der Waals surface area contributed by atoms with Crippen molar-refractivity contribution < 1.29 is 0 Å². The van der Waals surface area contributed by atoms with E-state index in [9.17, 15) is 0 Å². The lowest BCUT2D eigenvalue weighted by Gasteiger charge is -2.20. The minimum absolute atomic E-state index is 1.18. The fraction of sp³-hybridized carbons (Fsp3) is 0.182. The van der Waals surface area contributed by atoms with Crippen molar-refractivity contribution in [1.82, 2.24) is 0 Å². The van der Waals surface area contributed by atoms with Gasteiger partial charge in [-0.1, -0.05) is 59.9 Å². The molecule has 0 radical (unpaired) electrons. The normalized spacial score (nSPS) is 14.0. The summed E-state index contributed by atoms with van der Waals surface area (Å²) in [6.45, 7) is 2.35. The zero-order valence-corrected chi connectivity index (χ0v) is 15.7. The van der Waals surface area contributed by atoms with Crippen LogP contribution in [0.2, 0.25) is 0 Å². The Morgan fingerprint density at radius 1 is 0.560 bits per heavy atom. The summed E-state index contributed by atoms with van der Waals surface area (Å²) in [4.78, 5) is 7.72. The molecule has 126 valence electrons. The van der Waals surface area contributed by atoms with Gasteiger partial charge in [-0.3, -0.25) is 0 Å². The second-order valence-corrected chi connectivity index (χ2v) is 8.48. The van der Waals surface area contributed by atoms with Gasteiger partial charge in [0.05, 0.1) is 0 Å². The highest BCUT2D eigenvalue weighted by Gasteiger charge is 2.14. The van der Waals surface area contributed by atoms with Crippen LogP contribution in [0.15, 0.2) is 98.4 Å². The molecule has 0 atom stereocenters. The Kier molecular flexibility index (Phi) is 5.34. The van der Waals surface area contributed by atoms with Gasteiger partial charge in [0, 0.05) is 38.4 Å². The van der Waals surface area contributed by atoms with E-state index in [2.05, 4.69) is 83.8 Å². The summed E-state index contributed by atoms with van der Waals surface area (Å²) in [6, 6.07) is 28.3. The molecule has 3 aromatic carbocycles. The van der Waals surface area contributed by atoms with Crippen molar-refractivity contribution >= 4 is 29.2 Å². The highest BCUT2D eigenvalue weighted by atomic mass is 32.2. The standard InChI is InChI=1S/C22H21NS2/c1-3-9-19(10-4-1)24-21-15-18(23-13-7-8-14-23)16-22(17-21)25-20-11-5-2-6-12-20/h1-6,9-12,15-17H,7-8,13-14H2. The van der Waals surface area contributed by atoms with Crippen LogP contribution in [0.5, 0.6) is 0 Å². The SMILES string of the molecule is c1ccc(Sc2cc(Sc3ccccc3)cc(N3CCCC3)c2)cc1. The van der Waals surface area contributed by atoms with Gasteiger partial charge in [0.25, 0.3) is 0 Å². The van der Waals surface area contributed by atoms with Gasteiger partial charge in [-0.25, -0.2) is 0 Å². The molecule has 3 aromatic rings. The van der Waals surface area contributed by atoms with Crippen LogP contribution in [0, 0.1) is 0 Å². The van der Waals surface area contributed by atoms with Crippen molar-refractivity contribution in [2.24, 2.45) is 0 Å². The van der Waals surface area contributed by atoms with Gasteiger partial charge in [-0.05, 0) is 55.3 Å². The van der Waals surface area contributed by atoms with Crippen LogP contribution in [-0.4, -0.2) is 13.1 Å². The van der Waals surface area contributed by atoms with Crippen molar-refractivity contribution in [2.75, 3.05) is 18.0 Å². The molecule has 4 rings (SSSR count). The minimum Gasteiger partial charge on any atom is -0.371 e. The number of benzene rings is 3. The average Bonchev–Trinajstić information content (AvgIpc) is 3.18. The Hall–Kier alpha value is -1.84. The highest BCUT2D eigenvalue weighted by molar-refractivity contribution is 8.00. The molecule has 25 heavy (non-hydrogen) atoms. The number of nitrogens with zero attached hydrogens (tertiary/aromatic N) is 1. The number of rotatable bonds is 5. The maximum atomic E-state index is 2.52. The Morgan fingerprint density at radius 3 is 1.52 bits per heavy atom. The lowest BCUT2D eigenvalue weighted by Crippen LogP contribution is -2.17. The van der Waals surface area contributed by atoms with E-state index < -0.39 is 0 Å². The molecule has 0 N–H and O–H groups in total. The van der Waals surface area contributed by atoms with Crippen LogP contribution in [0.3, 0.4) is 0 Å². The summed E-state index contributed by atoms with van der Waals surface area (Å²) < 4.78 is 0. The van der Waals surface area contributed by atoms with Gasteiger partial charge in [-0.2, -0.15) is 0 Å². The maximum absolute atomic E-state index is 2.52. The van der Waals surface area contributed by atoms with Crippen LogP contribution < -0.4 is 4.90 Å². The number of hydrogen-bond donors (Lipinski definition) is 0. The van der Waals surface area contributed by atoms with Crippen LogP contribution in [-0.2, 0) is 0 Å². The topological polar surface area (TPSA) is 3.24 Å². The maximum Gasteiger partial charge on any atom is 0.0388 e. The molecule has 0 spiro atoms. The Labute approximate surface area is 158 Å². The molecule has 0 aromatic heterocycles. The monoisotopic (exact) mass is 363 g/mol. The van der Waals surface area contributed by atoms with Crippen LogP contribution in [0.1, 0.15) is 12.8 Å². The summed E-state index contributed by atoms with van der Waals surface area (Å²) in [5.41, 5.74) is 1.36. The lowest BCUT2D eigenvalue weighted by molar-refractivity contribution is 0.949. The molecule has 0 bridgehead atoms. The van der Waals surface area contributed by atoms with Crippen molar-refractivity contribution in [1.29, 1.82) is 0 Å². The molecular weight excluding hydrogens is 342 g/mol. The molecule has 0 aliphatic carbocycles. The third-order valence-electron chi connectivity index (χ3n) is 4.29. The van der Waals surface area contributed by atoms with Crippen molar-refractivity contribution in [3.8, 4) is 0 Å². The van der Waals surface area contributed by atoms with Crippen molar-refractivity contribution in [2.45, 2.75) is 32.4 Å². The van der Waals surface area contributed by atoms with Crippen LogP contribution in [0.4, 0.5) is 5.69 Å². The van der Waals surface area contributed by atoms with E-state index in [1.807, 2.05) is 23.5 Å². The van der Waals surface area contributed by atoms with Crippen molar-refractivity contribution in [3.63, 3.8) is 0 Å². The van der Waals surface area contributed by atoms with Gasteiger partial charge in [-0.15, -0.1) is 0 Å². The summed E-state index contributed by atoms with van der Waals surface area (Å²) in [5.74, 6) is 0. The van der Waals surface area contributed by atoms with Crippen molar-refractivity contribution in [3.05, 3.63) is 78.9 Å². The molecule has 0 unspecified atom stereocenters. The summed E-state index contributed by atoms with van der Waals surface area (Å²) in [5, 5.41) is 0. The molecule has 1 aliphatic heterocycles. The molecule has 1 aliphatic rings. The zero-order chi connectivity index (χ0) is 16.9. The fourth-order valence-electron chi connectivity index (χ4n) is 3.08. The van der Waals surface area contributed by atoms with Gasteiger partial charge in [0.15, 0.2) is 0 Å². The smallest absolute Gasteiger partial charge is 0.0388 e. The Bertz CT molecular complexity index is 752. The lowest BCUT2D eigenvalue weighted by atomic mass is 10.3. The van der Waals surface area contributed by atoms with Crippen LogP contribution >= 0.6 is 23.5 Å². The first-order valence-corrected chi connectivity index (χ1v) is 10.4. The van der Waals surface area contributed by atoms with Gasteiger partial charge in [0.1, 0.15) is 0 Å². The fourth-order valence-corrected chi connectivity index (χ4v) is 5.02. The Morgan fingerprint density at radius 2 is 1.04 bits per heavy atom. The molecule has 1 heterocycles. The summed E-state index contributed by atoms with van der Waals surface area (Å²) >= 11 is 3.69. The number of hydrogen-bond acceptors (Lipinski definition) is 3. The third-order valence-corrected chi connectivity index (χ3v) is 6.25. The second kappa shape index (κ2) is 8.03. The average molecular weight is 364 g/mol. The molecule has 1 fully saturated rings.